The molecule has 0 heterocycles. The topological polar surface area (TPSA) is 29.5 Å². The van der Waals surface area contributed by atoms with Crippen molar-refractivity contribution in [3.05, 3.63) is 34.3 Å². The minimum Gasteiger partial charge on any atom is -0.466 e. The van der Waals surface area contributed by atoms with Crippen molar-refractivity contribution in [1.29, 1.82) is 0 Å². The van der Waals surface area contributed by atoms with Gasteiger partial charge in [0.15, 0.2) is 0 Å². The third kappa shape index (κ3) is 5.19. The Bertz CT molecular complexity index is 378. The largest absolute Gasteiger partial charge is 0.466 e. The van der Waals surface area contributed by atoms with Crippen LogP contribution in [0.1, 0.15) is 25.8 Å². The summed E-state index contributed by atoms with van der Waals surface area (Å²) in [6.45, 7) is 5.14. The molecule has 0 bridgehead atoms. The van der Waals surface area contributed by atoms with Crippen LogP contribution in [0.3, 0.4) is 0 Å². The summed E-state index contributed by atoms with van der Waals surface area (Å²) in [5.74, 6) is -0.132. The van der Waals surface area contributed by atoms with Gasteiger partial charge in [0.25, 0.3) is 0 Å². The van der Waals surface area contributed by atoms with Gasteiger partial charge in [0.05, 0.1) is 13.0 Å². The lowest BCUT2D eigenvalue weighted by Crippen LogP contribution is -2.31. The molecule has 1 rings (SSSR count). The molecule has 1 atom stereocenters. The van der Waals surface area contributed by atoms with Crippen LogP contribution in [0, 0.1) is 0 Å². The summed E-state index contributed by atoms with van der Waals surface area (Å²) in [6.07, 6.45) is 0.431. The van der Waals surface area contributed by atoms with Crippen LogP contribution in [-0.4, -0.2) is 30.6 Å². The minimum atomic E-state index is -0.132. The van der Waals surface area contributed by atoms with Gasteiger partial charge in [0.1, 0.15) is 0 Å². The number of esters is 1. The molecule has 1 unspecified atom stereocenters. The Hall–Kier alpha value is -0.870. The standard InChI is InChI=1S/C14H20BrNO2/c1-4-18-14(17)9-11(2)16(3)10-12-5-7-13(15)8-6-12/h5-8,11H,4,9-10H2,1-3H3. The normalized spacial score (nSPS) is 12.5. The molecule has 100 valence electrons. The third-order valence-electron chi connectivity index (χ3n) is 2.87. The van der Waals surface area contributed by atoms with E-state index in [4.69, 9.17) is 4.74 Å². The van der Waals surface area contributed by atoms with Crippen molar-refractivity contribution in [1.82, 2.24) is 4.90 Å². The number of carbonyl (C=O) groups excluding carboxylic acids is 1. The van der Waals surface area contributed by atoms with Crippen LogP contribution < -0.4 is 0 Å². The molecule has 0 spiro atoms. The molecule has 0 aliphatic carbocycles. The molecule has 1 aromatic carbocycles. The Morgan fingerprint density at radius 1 is 1.39 bits per heavy atom. The summed E-state index contributed by atoms with van der Waals surface area (Å²) in [5, 5.41) is 0. The molecular weight excluding hydrogens is 294 g/mol. The van der Waals surface area contributed by atoms with Gasteiger partial charge in [-0.2, -0.15) is 0 Å². The molecule has 0 radical (unpaired) electrons. The quantitative estimate of drug-likeness (QED) is 0.755. The van der Waals surface area contributed by atoms with Crippen LogP contribution >= 0.6 is 15.9 Å². The van der Waals surface area contributed by atoms with Crippen LogP contribution in [0.4, 0.5) is 0 Å². The first-order chi connectivity index (χ1) is 8.52. The molecule has 0 aromatic heterocycles. The number of hydrogen-bond acceptors (Lipinski definition) is 3. The molecule has 0 amide bonds. The van der Waals surface area contributed by atoms with Crippen molar-refractivity contribution in [2.75, 3.05) is 13.7 Å². The van der Waals surface area contributed by atoms with Crippen molar-refractivity contribution >= 4 is 21.9 Å². The van der Waals surface area contributed by atoms with Crippen LogP contribution in [0.2, 0.25) is 0 Å². The molecule has 0 saturated carbocycles. The van der Waals surface area contributed by atoms with Gasteiger partial charge >= 0.3 is 5.97 Å². The predicted molar refractivity (Wildman–Crippen MR) is 76.3 cm³/mol. The Morgan fingerprint density at radius 2 is 2.00 bits per heavy atom. The molecular formula is C14H20BrNO2. The number of benzene rings is 1. The fraction of sp³-hybridized carbons (Fsp3) is 0.500. The molecule has 0 aliphatic rings. The molecule has 1 aromatic rings. The molecule has 0 saturated heterocycles. The zero-order chi connectivity index (χ0) is 13.5. The summed E-state index contributed by atoms with van der Waals surface area (Å²) in [5.41, 5.74) is 1.23. The second kappa shape index (κ2) is 7.54. The molecule has 4 heteroatoms. The van der Waals surface area contributed by atoms with Gasteiger partial charge in [0, 0.05) is 17.1 Å². The average molecular weight is 314 g/mol. The van der Waals surface area contributed by atoms with Crippen molar-refractivity contribution in [3.63, 3.8) is 0 Å². The molecule has 0 fully saturated rings. The van der Waals surface area contributed by atoms with E-state index >= 15 is 0 Å². The van der Waals surface area contributed by atoms with Gasteiger partial charge in [-0.05, 0) is 38.6 Å². The molecule has 18 heavy (non-hydrogen) atoms. The van der Waals surface area contributed by atoms with E-state index < -0.39 is 0 Å². The van der Waals surface area contributed by atoms with E-state index in [1.807, 2.05) is 33.0 Å². The first-order valence-electron chi connectivity index (χ1n) is 6.13. The van der Waals surface area contributed by atoms with Crippen molar-refractivity contribution in [3.8, 4) is 0 Å². The highest BCUT2D eigenvalue weighted by Gasteiger charge is 2.14. The van der Waals surface area contributed by atoms with Gasteiger partial charge in [-0.15, -0.1) is 0 Å². The van der Waals surface area contributed by atoms with E-state index in [-0.39, 0.29) is 12.0 Å². The Morgan fingerprint density at radius 3 is 2.56 bits per heavy atom. The SMILES string of the molecule is CCOC(=O)CC(C)N(C)Cc1ccc(Br)cc1. The van der Waals surface area contributed by atoms with Gasteiger partial charge in [-0.25, -0.2) is 0 Å². The highest BCUT2D eigenvalue weighted by molar-refractivity contribution is 9.10. The van der Waals surface area contributed by atoms with E-state index in [1.54, 1.807) is 0 Å². The lowest BCUT2D eigenvalue weighted by Gasteiger charge is -2.24. The molecule has 0 N–H and O–H groups in total. The van der Waals surface area contributed by atoms with Gasteiger partial charge in [-0.1, -0.05) is 28.1 Å². The number of halogens is 1. The second-order valence-electron chi connectivity index (χ2n) is 4.40. The van der Waals surface area contributed by atoms with Gasteiger partial charge in [-0.3, -0.25) is 9.69 Å². The highest BCUT2D eigenvalue weighted by Crippen LogP contribution is 2.13. The number of ether oxygens (including phenoxy) is 1. The molecule has 0 aliphatic heterocycles. The second-order valence-corrected chi connectivity index (χ2v) is 5.32. The van der Waals surface area contributed by atoms with Crippen molar-refractivity contribution in [2.45, 2.75) is 32.9 Å². The Balaban J connectivity index is 2.46. The summed E-state index contributed by atoms with van der Waals surface area (Å²) >= 11 is 3.42. The van der Waals surface area contributed by atoms with Gasteiger partial charge < -0.3 is 4.74 Å². The monoisotopic (exact) mass is 313 g/mol. The number of rotatable bonds is 6. The van der Waals surface area contributed by atoms with E-state index in [2.05, 4.69) is 33.0 Å². The Labute approximate surface area is 117 Å². The summed E-state index contributed by atoms with van der Waals surface area (Å²) in [7, 11) is 2.02. The van der Waals surface area contributed by atoms with E-state index in [0.29, 0.717) is 13.0 Å². The van der Waals surface area contributed by atoms with Crippen molar-refractivity contribution in [2.24, 2.45) is 0 Å². The number of carbonyl (C=O) groups is 1. The number of hydrogen-bond donors (Lipinski definition) is 0. The Kier molecular flexibility index (Phi) is 6.36. The minimum absolute atomic E-state index is 0.132. The first kappa shape index (κ1) is 15.2. The summed E-state index contributed by atoms with van der Waals surface area (Å²) in [4.78, 5) is 13.6. The predicted octanol–water partition coefficient (Wildman–Crippen LogP) is 3.22. The van der Waals surface area contributed by atoms with Crippen LogP contribution in [0.5, 0.6) is 0 Å². The van der Waals surface area contributed by atoms with Crippen LogP contribution in [0.25, 0.3) is 0 Å². The van der Waals surface area contributed by atoms with E-state index in [1.165, 1.54) is 5.56 Å². The third-order valence-corrected chi connectivity index (χ3v) is 3.39. The lowest BCUT2D eigenvalue weighted by atomic mass is 10.1. The fourth-order valence-electron chi connectivity index (χ4n) is 1.65. The maximum Gasteiger partial charge on any atom is 0.307 e. The van der Waals surface area contributed by atoms with Crippen LogP contribution in [0.15, 0.2) is 28.7 Å². The van der Waals surface area contributed by atoms with Gasteiger partial charge in [0.2, 0.25) is 0 Å². The van der Waals surface area contributed by atoms with Crippen LogP contribution in [-0.2, 0) is 16.1 Å². The summed E-state index contributed by atoms with van der Waals surface area (Å²) < 4.78 is 6.03. The molecule has 3 nitrogen and oxygen atoms in total. The first-order valence-corrected chi connectivity index (χ1v) is 6.92. The zero-order valence-corrected chi connectivity index (χ0v) is 12.7. The maximum atomic E-state index is 11.4. The van der Waals surface area contributed by atoms with Crippen molar-refractivity contribution < 1.29 is 9.53 Å². The lowest BCUT2D eigenvalue weighted by molar-refractivity contribution is -0.144. The number of nitrogens with zero attached hydrogens (tertiary/aromatic N) is 1. The maximum absolute atomic E-state index is 11.4. The average Bonchev–Trinajstić information content (AvgIpc) is 2.32. The fourth-order valence-corrected chi connectivity index (χ4v) is 1.91. The van der Waals surface area contributed by atoms with E-state index in [9.17, 15) is 4.79 Å². The smallest absolute Gasteiger partial charge is 0.307 e. The highest BCUT2D eigenvalue weighted by atomic mass is 79.9. The zero-order valence-electron chi connectivity index (χ0n) is 11.1. The van der Waals surface area contributed by atoms with E-state index in [0.717, 1.165) is 11.0 Å². The summed E-state index contributed by atoms with van der Waals surface area (Å²) in [6, 6.07) is 8.39.